The molecule has 5 heteroatoms. The average Bonchev–Trinajstić information content (AvgIpc) is 2.79. The number of benzene rings is 1. The number of rotatable bonds is 3. The maximum absolute atomic E-state index is 5.88. The summed E-state index contributed by atoms with van der Waals surface area (Å²) in [7, 11) is 1.63. The molecule has 0 aliphatic heterocycles. The quantitative estimate of drug-likeness (QED) is 0.786. The molecule has 1 heterocycles. The number of aryl methyl sites for hydroxylation is 1. The highest BCUT2D eigenvalue weighted by Gasteiger charge is 2.13. The minimum Gasteiger partial charge on any atom is -0.496 e. The first kappa shape index (κ1) is 11.9. The molecule has 17 heavy (non-hydrogen) atoms. The van der Waals surface area contributed by atoms with Crippen LogP contribution in [-0.2, 0) is 0 Å². The van der Waals surface area contributed by atoms with Crippen molar-refractivity contribution in [3.8, 4) is 17.2 Å². The molecule has 90 valence electrons. The van der Waals surface area contributed by atoms with Crippen LogP contribution in [0.1, 0.15) is 23.7 Å². The van der Waals surface area contributed by atoms with Crippen LogP contribution in [-0.4, -0.2) is 17.3 Å². The van der Waals surface area contributed by atoms with Gasteiger partial charge in [0, 0.05) is 5.56 Å². The number of ether oxygens (including phenoxy) is 1. The highest BCUT2D eigenvalue weighted by atomic mass is 35.5. The summed E-state index contributed by atoms with van der Waals surface area (Å²) in [6.45, 7) is 3.77. The molecule has 0 N–H and O–H groups in total. The molecular formula is C12H13ClN2O2. The summed E-state index contributed by atoms with van der Waals surface area (Å²) in [5.74, 6) is 1.73. The van der Waals surface area contributed by atoms with E-state index in [1.165, 1.54) is 0 Å². The van der Waals surface area contributed by atoms with Gasteiger partial charge in [-0.15, -0.1) is 11.6 Å². The van der Waals surface area contributed by atoms with Crippen molar-refractivity contribution in [2.24, 2.45) is 0 Å². The van der Waals surface area contributed by atoms with E-state index in [1.54, 1.807) is 14.0 Å². The second-order valence-electron chi connectivity index (χ2n) is 3.76. The Morgan fingerprint density at radius 1 is 1.41 bits per heavy atom. The Bertz CT molecular complexity index is 523. The van der Waals surface area contributed by atoms with Crippen molar-refractivity contribution in [2.45, 2.75) is 19.2 Å². The summed E-state index contributed by atoms with van der Waals surface area (Å²) >= 11 is 5.88. The van der Waals surface area contributed by atoms with Crippen LogP contribution in [0.15, 0.2) is 22.7 Å². The minimum absolute atomic E-state index is 0.264. The van der Waals surface area contributed by atoms with Crippen molar-refractivity contribution in [2.75, 3.05) is 7.11 Å². The molecule has 0 radical (unpaired) electrons. The molecule has 0 aliphatic rings. The molecule has 0 saturated carbocycles. The van der Waals surface area contributed by atoms with Gasteiger partial charge in [0.2, 0.25) is 0 Å². The Morgan fingerprint density at radius 2 is 2.18 bits per heavy atom. The normalized spacial score (nSPS) is 12.5. The standard InChI is InChI=1S/C12H13ClN2O2/c1-7-4-5-9(6-10(7)16-3)12-14-11(8(2)13)15-17-12/h4-6,8H,1-3H3. The molecule has 0 saturated heterocycles. The Morgan fingerprint density at radius 3 is 2.76 bits per heavy atom. The number of halogens is 1. The summed E-state index contributed by atoms with van der Waals surface area (Å²) in [5, 5.41) is 3.55. The molecule has 0 spiro atoms. The third-order valence-electron chi connectivity index (χ3n) is 2.45. The summed E-state index contributed by atoms with van der Waals surface area (Å²) in [6.07, 6.45) is 0. The maximum atomic E-state index is 5.88. The molecule has 0 fully saturated rings. The zero-order valence-corrected chi connectivity index (χ0v) is 10.7. The van der Waals surface area contributed by atoms with Gasteiger partial charge in [-0.1, -0.05) is 11.2 Å². The topological polar surface area (TPSA) is 48.2 Å². The number of aromatic nitrogens is 2. The zero-order valence-electron chi connectivity index (χ0n) is 9.90. The van der Waals surface area contributed by atoms with E-state index in [9.17, 15) is 0 Å². The highest BCUT2D eigenvalue weighted by Crippen LogP contribution is 2.27. The van der Waals surface area contributed by atoms with Crippen molar-refractivity contribution in [1.29, 1.82) is 0 Å². The first-order chi connectivity index (χ1) is 8.11. The van der Waals surface area contributed by atoms with Gasteiger partial charge in [-0.05, 0) is 31.5 Å². The summed E-state index contributed by atoms with van der Waals surface area (Å²) in [4.78, 5) is 4.22. The third kappa shape index (κ3) is 2.42. The predicted molar refractivity (Wildman–Crippen MR) is 65.3 cm³/mol. The molecule has 1 aromatic heterocycles. The lowest BCUT2D eigenvalue weighted by Gasteiger charge is -2.04. The van der Waals surface area contributed by atoms with Gasteiger partial charge in [0.1, 0.15) is 5.75 Å². The molecule has 1 unspecified atom stereocenters. The smallest absolute Gasteiger partial charge is 0.258 e. The van der Waals surface area contributed by atoms with Crippen LogP contribution in [0.25, 0.3) is 11.5 Å². The molecule has 2 rings (SSSR count). The fraction of sp³-hybridized carbons (Fsp3) is 0.333. The zero-order chi connectivity index (χ0) is 12.4. The minimum atomic E-state index is -0.264. The van der Waals surface area contributed by atoms with Gasteiger partial charge in [0.15, 0.2) is 5.82 Å². The Hall–Kier alpha value is -1.55. The van der Waals surface area contributed by atoms with Gasteiger partial charge < -0.3 is 9.26 Å². The third-order valence-corrected chi connectivity index (χ3v) is 2.65. The van der Waals surface area contributed by atoms with Crippen molar-refractivity contribution in [1.82, 2.24) is 10.1 Å². The van der Waals surface area contributed by atoms with Gasteiger partial charge in [0.05, 0.1) is 12.5 Å². The maximum Gasteiger partial charge on any atom is 0.258 e. The van der Waals surface area contributed by atoms with Crippen LogP contribution >= 0.6 is 11.6 Å². The Labute approximate surface area is 105 Å². The van der Waals surface area contributed by atoms with E-state index >= 15 is 0 Å². The van der Waals surface area contributed by atoms with Crippen LogP contribution in [0.4, 0.5) is 0 Å². The average molecular weight is 253 g/mol. The SMILES string of the molecule is COc1cc(-c2nc(C(C)Cl)no2)ccc1C. The second-order valence-corrected chi connectivity index (χ2v) is 4.41. The Balaban J connectivity index is 2.38. The molecule has 1 atom stereocenters. The van der Waals surface area contributed by atoms with Gasteiger partial charge in [-0.2, -0.15) is 4.98 Å². The van der Waals surface area contributed by atoms with Crippen molar-refractivity contribution < 1.29 is 9.26 Å². The second kappa shape index (κ2) is 4.75. The van der Waals surface area contributed by atoms with Crippen LogP contribution in [0.5, 0.6) is 5.75 Å². The van der Waals surface area contributed by atoms with E-state index < -0.39 is 0 Å². The molecule has 2 aromatic rings. The van der Waals surface area contributed by atoms with Gasteiger partial charge in [-0.25, -0.2) is 0 Å². The molecule has 0 amide bonds. The predicted octanol–water partition coefficient (Wildman–Crippen LogP) is 3.35. The van der Waals surface area contributed by atoms with Crippen molar-refractivity contribution >= 4 is 11.6 Å². The fourth-order valence-corrected chi connectivity index (χ4v) is 1.56. The number of alkyl halides is 1. The van der Waals surface area contributed by atoms with Crippen LogP contribution in [0.2, 0.25) is 0 Å². The number of nitrogens with zero attached hydrogens (tertiary/aromatic N) is 2. The number of hydrogen-bond donors (Lipinski definition) is 0. The van der Waals surface area contributed by atoms with Gasteiger partial charge in [-0.3, -0.25) is 0 Å². The van der Waals surface area contributed by atoms with E-state index in [1.807, 2.05) is 25.1 Å². The van der Waals surface area contributed by atoms with E-state index in [-0.39, 0.29) is 5.38 Å². The van der Waals surface area contributed by atoms with Crippen molar-refractivity contribution in [3.63, 3.8) is 0 Å². The molecule has 4 nitrogen and oxygen atoms in total. The monoisotopic (exact) mass is 252 g/mol. The number of hydrogen-bond acceptors (Lipinski definition) is 4. The van der Waals surface area contributed by atoms with Crippen molar-refractivity contribution in [3.05, 3.63) is 29.6 Å². The van der Waals surface area contributed by atoms with Crippen LogP contribution in [0.3, 0.4) is 0 Å². The number of methoxy groups -OCH3 is 1. The molecule has 0 bridgehead atoms. The van der Waals surface area contributed by atoms with Gasteiger partial charge >= 0.3 is 0 Å². The summed E-state index contributed by atoms with van der Waals surface area (Å²) in [5.41, 5.74) is 1.88. The fourth-order valence-electron chi connectivity index (χ4n) is 1.47. The van der Waals surface area contributed by atoms with E-state index in [0.717, 1.165) is 16.9 Å². The summed E-state index contributed by atoms with van der Waals surface area (Å²) < 4.78 is 10.4. The first-order valence-corrected chi connectivity index (χ1v) is 5.68. The van der Waals surface area contributed by atoms with Crippen LogP contribution < -0.4 is 4.74 Å². The Kier molecular flexibility index (Phi) is 3.33. The lowest BCUT2D eigenvalue weighted by Crippen LogP contribution is -1.89. The van der Waals surface area contributed by atoms with E-state index in [4.69, 9.17) is 20.9 Å². The summed E-state index contributed by atoms with van der Waals surface area (Å²) in [6, 6.07) is 5.72. The van der Waals surface area contributed by atoms with Gasteiger partial charge in [0.25, 0.3) is 5.89 Å². The lowest BCUT2D eigenvalue weighted by molar-refractivity contribution is 0.409. The first-order valence-electron chi connectivity index (χ1n) is 5.24. The molecular weight excluding hydrogens is 240 g/mol. The molecule has 0 aliphatic carbocycles. The van der Waals surface area contributed by atoms with Crippen LogP contribution in [0, 0.1) is 6.92 Å². The van der Waals surface area contributed by atoms with E-state index in [0.29, 0.717) is 11.7 Å². The highest BCUT2D eigenvalue weighted by molar-refractivity contribution is 6.20. The van der Waals surface area contributed by atoms with E-state index in [2.05, 4.69) is 10.1 Å². The largest absolute Gasteiger partial charge is 0.496 e. The lowest BCUT2D eigenvalue weighted by atomic mass is 10.1. The molecule has 1 aromatic carbocycles.